The number of hydrogen-bond donors (Lipinski definition) is 1. The molecule has 1 aromatic rings. The van der Waals surface area contributed by atoms with Gasteiger partial charge in [0.05, 0.1) is 4.92 Å². The van der Waals surface area contributed by atoms with E-state index in [4.69, 9.17) is 0 Å². The highest BCUT2D eigenvalue weighted by molar-refractivity contribution is 7.80. The Hall–Kier alpha value is -0.550. The van der Waals surface area contributed by atoms with Gasteiger partial charge in [0.2, 0.25) is 0 Å². The van der Waals surface area contributed by atoms with Crippen LogP contribution in [0.25, 0.3) is 0 Å². The van der Waals surface area contributed by atoms with E-state index in [9.17, 15) is 10.1 Å². The summed E-state index contributed by atoms with van der Waals surface area (Å²) in [5.74, 6) is 0.734. The SMILES string of the molecule is O=[N+]([O-])c1ccc(CCS)s1. The molecule has 0 aliphatic heterocycles. The second-order valence-corrected chi connectivity index (χ2v) is 3.56. The fourth-order valence-corrected chi connectivity index (χ4v) is 1.92. The summed E-state index contributed by atoms with van der Waals surface area (Å²) in [6, 6.07) is 3.31. The summed E-state index contributed by atoms with van der Waals surface area (Å²) < 4.78 is 0. The normalized spacial score (nSPS) is 9.91. The summed E-state index contributed by atoms with van der Waals surface area (Å²) in [7, 11) is 0. The summed E-state index contributed by atoms with van der Waals surface area (Å²) in [6.45, 7) is 0. The second kappa shape index (κ2) is 3.73. The molecule has 0 radical (unpaired) electrons. The molecule has 0 N–H and O–H groups in total. The van der Waals surface area contributed by atoms with Crippen LogP contribution in [0.15, 0.2) is 12.1 Å². The van der Waals surface area contributed by atoms with Gasteiger partial charge >= 0.3 is 5.00 Å². The highest BCUT2D eigenvalue weighted by Gasteiger charge is 2.08. The van der Waals surface area contributed by atoms with E-state index in [1.165, 1.54) is 17.4 Å². The number of rotatable bonds is 3. The average Bonchev–Trinajstić information content (AvgIpc) is 2.37. The van der Waals surface area contributed by atoms with Crippen molar-refractivity contribution in [1.82, 2.24) is 0 Å². The largest absolute Gasteiger partial charge is 0.324 e. The van der Waals surface area contributed by atoms with Crippen LogP contribution in [0, 0.1) is 10.1 Å². The molecule has 11 heavy (non-hydrogen) atoms. The van der Waals surface area contributed by atoms with Crippen LogP contribution in [-0.2, 0) is 6.42 Å². The van der Waals surface area contributed by atoms with Crippen LogP contribution in [0.2, 0.25) is 0 Å². The summed E-state index contributed by atoms with van der Waals surface area (Å²) in [4.78, 5) is 10.9. The predicted molar refractivity (Wildman–Crippen MR) is 48.5 cm³/mol. The molecule has 60 valence electrons. The number of nitrogens with zero attached hydrogens (tertiary/aromatic N) is 1. The third-order valence-electron chi connectivity index (χ3n) is 1.19. The lowest BCUT2D eigenvalue weighted by Gasteiger charge is -1.85. The van der Waals surface area contributed by atoms with Gasteiger partial charge in [-0.2, -0.15) is 12.6 Å². The lowest BCUT2D eigenvalue weighted by molar-refractivity contribution is -0.380. The molecule has 1 rings (SSSR count). The van der Waals surface area contributed by atoms with Crippen molar-refractivity contribution < 1.29 is 4.92 Å². The summed E-state index contributed by atoms with van der Waals surface area (Å²) in [5.41, 5.74) is 0. The van der Waals surface area contributed by atoms with Crippen LogP contribution >= 0.6 is 24.0 Å². The van der Waals surface area contributed by atoms with Crippen molar-refractivity contribution in [3.8, 4) is 0 Å². The molecule has 1 heterocycles. The zero-order valence-corrected chi connectivity index (χ0v) is 7.40. The van der Waals surface area contributed by atoms with Gasteiger partial charge in [-0.25, -0.2) is 0 Å². The van der Waals surface area contributed by atoms with E-state index >= 15 is 0 Å². The van der Waals surface area contributed by atoms with Gasteiger partial charge in [0.15, 0.2) is 0 Å². The minimum Gasteiger partial charge on any atom is -0.258 e. The molecular weight excluding hydrogens is 182 g/mol. The van der Waals surface area contributed by atoms with Crippen LogP contribution in [0.5, 0.6) is 0 Å². The Labute approximate surface area is 73.6 Å². The van der Waals surface area contributed by atoms with Crippen LogP contribution in [0.1, 0.15) is 4.88 Å². The van der Waals surface area contributed by atoms with Crippen molar-refractivity contribution in [1.29, 1.82) is 0 Å². The van der Waals surface area contributed by atoms with Crippen molar-refractivity contribution >= 4 is 29.0 Å². The summed E-state index contributed by atoms with van der Waals surface area (Å²) in [5, 5.41) is 10.4. The Bertz CT molecular complexity index is 259. The van der Waals surface area contributed by atoms with E-state index in [1.807, 2.05) is 0 Å². The molecule has 0 saturated heterocycles. The van der Waals surface area contributed by atoms with Gasteiger partial charge in [-0.3, -0.25) is 10.1 Å². The van der Waals surface area contributed by atoms with Crippen LogP contribution in [0.4, 0.5) is 5.00 Å². The topological polar surface area (TPSA) is 43.1 Å². The van der Waals surface area contributed by atoms with Gasteiger partial charge in [-0.15, -0.1) is 0 Å². The Balaban J connectivity index is 2.73. The van der Waals surface area contributed by atoms with Gasteiger partial charge < -0.3 is 0 Å². The maximum atomic E-state index is 10.2. The molecule has 3 nitrogen and oxygen atoms in total. The Morgan fingerprint density at radius 2 is 2.36 bits per heavy atom. The third-order valence-corrected chi connectivity index (χ3v) is 2.51. The predicted octanol–water partition coefficient (Wildman–Crippen LogP) is 2.13. The molecule has 0 saturated carbocycles. The van der Waals surface area contributed by atoms with Gasteiger partial charge in [0, 0.05) is 10.9 Å². The average molecular weight is 189 g/mol. The molecule has 0 aliphatic rings. The second-order valence-electron chi connectivity index (χ2n) is 1.97. The maximum absolute atomic E-state index is 10.2. The molecule has 0 unspecified atom stereocenters. The zero-order valence-electron chi connectivity index (χ0n) is 5.69. The first-order valence-electron chi connectivity index (χ1n) is 3.08. The van der Waals surface area contributed by atoms with Crippen molar-refractivity contribution in [3.05, 3.63) is 27.1 Å². The highest BCUT2D eigenvalue weighted by atomic mass is 32.1. The van der Waals surface area contributed by atoms with Crippen LogP contribution in [0.3, 0.4) is 0 Å². The highest BCUT2D eigenvalue weighted by Crippen LogP contribution is 2.24. The van der Waals surface area contributed by atoms with Crippen molar-refractivity contribution in [3.63, 3.8) is 0 Å². The number of hydrogen-bond acceptors (Lipinski definition) is 4. The standard InChI is InChI=1S/C6H7NO2S2/c8-7(9)6-2-1-5(11-6)3-4-10/h1-2,10H,3-4H2. The van der Waals surface area contributed by atoms with Gasteiger partial charge in [-0.1, -0.05) is 11.3 Å². The molecule has 1 aromatic heterocycles. The first kappa shape index (κ1) is 8.55. The smallest absolute Gasteiger partial charge is 0.258 e. The maximum Gasteiger partial charge on any atom is 0.324 e. The molecule has 0 aliphatic carbocycles. The van der Waals surface area contributed by atoms with Crippen molar-refractivity contribution in [2.24, 2.45) is 0 Å². The van der Waals surface area contributed by atoms with E-state index in [0.717, 1.165) is 17.1 Å². The first-order valence-corrected chi connectivity index (χ1v) is 4.53. The Morgan fingerprint density at radius 1 is 1.64 bits per heavy atom. The molecular formula is C6H7NO2S2. The zero-order chi connectivity index (χ0) is 8.27. The minimum absolute atomic E-state index is 0.210. The van der Waals surface area contributed by atoms with E-state index in [-0.39, 0.29) is 9.92 Å². The quantitative estimate of drug-likeness (QED) is 0.449. The molecule has 0 aromatic carbocycles. The van der Waals surface area contributed by atoms with E-state index in [2.05, 4.69) is 12.6 Å². The van der Waals surface area contributed by atoms with Crippen LogP contribution in [-0.4, -0.2) is 10.7 Å². The third kappa shape index (κ3) is 2.20. The summed E-state index contributed by atoms with van der Waals surface area (Å²) >= 11 is 5.25. The fraction of sp³-hybridized carbons (Fsp3) is 0.333. The molecule has 0 bridgehead atoms. The number of nitro groups is 1. The number of thiophene rings is 1. The first-order chi connectivity index (χ1) is 5.24. The lowest BCUT2D eigenvalue weighted by Crippen LogP contribution is -1.81. The molecule has 0 fully saturated rings. The number of aryl methyl sites for hydroxylation is 1. The van der Waals surface area contributed by atoms with Crippen molar-refractivity contribution in [2.45, 2.75) is 6.42 Å². The monoisotopic (exact) mass is 189 g/mol. The van der Waals surface area contributed by atoms with Gasteiger partial charge in [0.25, 0.3) is 0 Å². The number of thiol groups is 1. The van der Waals surface area contributed by atoms with E-state index in [1.54, 1.807) is 6.07 Å². The fourth-order valence-electron chi connectivity index (χ4n) is 0.709. The molecule has 0 atom stereocenters. The molecule has 0 spiro atoms. The van der Waals surface area contributed by atoms with Crippen LogP contribution < -0.4 is 0 Å². The van der Waals surface area contributed by atoms with E-state index in [0.29, 0.717) is 0 Å². The van der Waals surface area contributed by atoms with Gasteiger partial charge in [0.1, 0.15) is 0 Å². The Kier molecular flexibility index (Phi) is 2.90. The van der Waals surface area contributed by atoms with Crippen molar-refractivity contribution in [2.75, 3.05) is 5.75 Å². The summed E-state index contributed by atoms with van der Waals surface area (Å²) in [6.07, 6.45) is 0.807. The van der Waals surface area contributed by atoms with Gasteiger partial charge in [-0.05, 0) is 18.2 Å². The minimum atomic E-state index is -0.368. The Morgan fingerprint density at radius 3 is 2.82 bits per heavy atom. The molecule has 0 amide bonds. The lowest BCUT2D eigenvalue weighted by atomic mass is 10.4. The van der Waals surface area contributed by atoms with E-state index < -0.39 is 0 Å². The molecule has 5 heteroatoms.